The first-order chi connectivity index (χ1) is 12.8. The van der Waals surface area contributed by atoms with Gasteiger partial charge in [-0.1, -0.05) is 49.7 Å². The van der Waals surface area contributed by atoms with Crippen molar-refractivity contribution in [1.29, 1.82) is 0 Å². The van der Waals surface area contributed by atoms with Crippen molar-refractivity contribution in [3.63, 3.8) is 0 Å². The normalized spacial score (nSPS) is 14.3. The number of carbonyl (C=O) groups excluding carboxylic acids is 1. The topological polar surface area (TPSA) is 41.6 Å². The van der Waals surface area contributed by atoms with Gasteiger partial charge in [-0.05, 0) is 36.1 Å². The average molecular weight is 352 g/mol. The van der Waals surface area contributed by atoms with Gasteiger partial charge in [-0.2, -0.15) is 0 Å². The monoisotopic (exact) mass is 352 g/mol. The van der Waals surface area contributed by atoms with Crippen molar-refractivity contribution >= 4 is 17.3 Å². The number of hydrogen-bond donors (Lipinski definition) is 1. The van der Waals surface area contributed by atoms with Crippen LogP contribution in [0.1, 0.15) is 30.9 Å². The lowest BCUT2D eigenvalue weighted by Crippen LogP contribution is -2.36. The van der Waals surface area contributed by atoms with Crippen LogP contribution in [0.15, 0.2) is 48.5 Å². The Kier molecular flexibility index (Phi) is 6.67. The summed E-state index contributed by atoms with van der Waals surface area (Å²) >= 11 is 0. The van der Waals surface area contributed by atoms with E-state index in [9.17, 15) is 4.79 Å². The Morgan fingerprint density at radius 1 is 1.04 bits per heavy atom. The molecule has 0 bridgehead atoms. The fourth-order valence-electron chi connectivity index (χ4n) is 3.24. The van der Waals surface area contributed by atoms with Crippen molar-refractivity contribution in [2.45, 2.75) is 32.6 Å². The van der Waals surface area contributed by atoms with Crippen LogP contribution in [0.5, 0.6) is 0 Å². The minimum Gasteiger partial charge on any atom is -0.378 e. The molecular formula is C22H28N2O2. The van der Waals surface area contributed by atoms with Gasteiger partial charge in [0, 0.05) is 13.1 Å². The highest BCUT2D eigenvalue weighted by molar-refractivity contribution is 5.95. The minimum absolute atomic E-state index is 0.0204. The van der Waals surface area contributed by atoms with Gasteiger partial charge in [0.2, 0.25) is 5.91 Å². The third-order valence-corrected chi connectivity index (χ3v) is 4.74. The number of ether oxygens (including phenoxy) is 1. The van der Waals surface area contributed by atoms with Crippen molar-refractivity contribution < 1.29 is 9.53 Å². The molecule has 0 aromatic heterocycles. The number of aryl methyl sites for hydroxylation is 1. The number of carbonyl (C=O) groups is 1. The zero-order valence-electron chi connectivity index (χ0n) is 15.5. The Morgan fingerprint density at radius 3 is 2.46 bits per heavy atom. The van der Waals surface area contributed by atoms with Crippen molar-refractivity contribution in [3.8, 4) is 0 Å². The summed E-state index contributed by atoms with van der Waals surface area (Å²) in [5.74, 6) is 0.0204. The fraction of sp³-hybridized carbons (Fsp3) is 0.409. The molecule has 2 aromatic carbocycles. The van der Waals surface area contributed by atoms with Crippen LogP contribution in [0.2, 0.25) is 0 Å². The van der Waals surface area contributed by atoms with Crippen LogP contribution >= 0.6 is 0 Å². The standard InChI is InChI=1S/C22H28N2O2/c1-2-3-6-18-9-11-19(12-10-18)17-22(25)23-20-7-4-5-8-21(20)24-13-15-26-16-14-24/h4-5,7-12H,2-3,6,13-17H2,1H3,(H,23,25). The summed E-state index contributed by atoms with van der Waals surface area (Å²) in [4.78, 5) is 14.8. The van der Waals surface area contributed by atoms with E-state index < -0.39 is 0 Å². The highest BCUT2D eigenvalue weighted by atomic mass is 16.5. The molecule has 0 atom stereocenters. The van der Waals surface area contributed by atoms with Crippen LogP contribution in [0.3, 0.4) is 0 Å². The molecule has 0 spiro atoms. The number of morpholine rings is 1. The molecule has 1 fully saturated rings. The number of amides is 1. The molecule has 1 heterocycles. The predicted octanol–water partition coefficient (Wildman–Crippen LogP) is 4.05. The maximum atomic E-state index is 12.5. The van der Waals surface area contributed by atoms with Crippen LogP contribution in [-0.2, 0) is 22.4 Å². The first-order valence-electron chi connectivity index (χ1n) is 9.55. The molecule has 0 unspecified atom stereocenters. The molecule has 0 aliphatic carbocycles. The Bertz CT molecular complexity index is 706. The van der Waals surface area contributed by atoms with E-state index >= 15 is 0 Å². The Labute approximate surface area is 156 Å². The molecule has 26 heavy (non-hydrogen) atoms. The third kappa shape index (κ3) is 5.09. The van der Waals surface area contributed by atoms with E-state index in [2.05, 4.69) is 47.5 Å². The number of para-hydroxylation sites is 2. The second kappa shape index (κ2) is 9.39. The van der Waals surface area contributed by atoms with Crippen LogP contribution in [-0.4, -0.2) is 32.2 Å². The van der Waals surface area contributed by atoms with E-state index in [4.69, 9.17) is 4.74 Å². The lowest BCUT2D eigenvalue weighted by Gasteiger charge is -2.30. The largest absolute Gasteiger partial charge is 0.378 e. The number of benzene rings is 2. The first kappa shape index (κ1) is 18.5. The molecule has 2 aromatic rings. The summed E-state index contributed by atoms with van der Waals surface area (Å²) in [6.07, 6.45) is 3.91. The lowest BCUT2D eigenvalue weighted by atomic mass is 10.0. The molecule has 138 valence electrons. The molecule has 3 rings (SSSR count). The Balaban J connectivity index is 1.61. The van der Waals surface area contributed by atoms with Crippen molar-refractivity contribution in [3.05, 3.63) is 59.7 Å². The second-order valence-electron chi connectivity index (χ2n) is 6.76. The molecule has 1 aliphatic rings. The zero-order chi connectivity index (χ0) is 18.2. The van der Waals surface area contributed by atoms with Gasteiger partial charge < -0.3 is 15.0 Å². The molecule has 1 N–H and O–H groups in total. The maximum absolute atomic E-state index is 12.5. The van der Waals surface area contributed by atoms with Crippen molar-refractivity contribution in [2.75, 3.05) is 36.5 Å². The van der Waals surface area contributed by atoms with Crippen LogP contribution < -0.4 is 10.2 Å². The summed E-state index contributed by atoms with van der Waals surface area (Å²) in [5, 5.41) is 3.08. The molecule has 4 heteroatoms. The van der Waals surface area contributed by atoms with Crippen molar-refractivity contribution in [1.82, 2.24) is 0 Å². The summed E-state index contributed by atoms with van der Waals surface area (Å²) in [6.45, 7) is 5.37. The smallest absolute Gasteiger partial charge is 0.228 e. The molecule has 0 saturated carbocycles. The van der Waals surface area contributed by atoms with Gasteiger partial charge in [0.05, 0.1) is 31.0 Å². The lowest BCUT2D eigenvalue weighted by molar-refractivity contribution is -0.115. The van der Waals surface area contributed by atoms with Crippen LogP contribution in [0, 0.1) is 0 Å². The van der Waals surface area contributed by atoms with Crippen molar-refractivity contribution in [2.24, 2.45) is 0 Å². The summed E-state index contributed by atoms with van der Waals surface area (Å²) in [7, 11) is 0. The molecule has 1 amide bonds. The fourth-order valence-corrected chi connectivity index (χ4v) is 3.24. The van der Waals surface area contributed by atoms with Gasteiger partial charge in [0.25, 0.3) is 0 Å². The van der Waals surface area contributed by atoms with Crippen LogP contribution in [0.25, 0.3) is 0 Å². The average Bonchev–Trinajstić information content (AvgIpc) is 2.68. The SMILES string of the molecule is CCCCc1ccc(CC(=O)Nc2ccccc2N2CCOCC2)cc1. The second-order valence-corrected chi connectivity index (χ2v) is 6.76. The number of rotatable bonds is 7. The third-order valence-electron chi connectivity index (χ3n) is 4.74. The van der Waals surface area contributed by atoms with Gasteiger partial charge in [-0.25, -0.2) is 0 Å². The number of nitrogens with one attached hydrogen (secondary N) is 1. The molecule has 1 saturated heterocycles. The van der Waals surface area contributed by atoms with Gasteiger partial charge in [0.15, 0.2) is 0 Å². The number of unbranched alkanes of at least 4 members (excludes halogenated alkanes) is 1. The molecule has 4 nitrogen and oxygen atoms in total. The summed E-state index contributed by atoms with van der Waals surface area (Å²) in [5.41, 5.74) is 4.33. The molecule has 0 radical (unpaired) electrons. The Morgan fingerprint density at radius 2 is 1.73 bits per heavy atom. The van der Waals surface area contributed by atoms with E-state index in [1.807, 2.05) is 18.2 Å². The molecular weight excluding hydrogens is 324 g/mol. The Hall–Kier alpha value is -2.33. The quantitative estimate of drug-likeness (QED) is 0.817. The predicted molar refractivity (Wildman–Crippen MR) is 107 cm³/mol. The number of anilines is 2. The van der Waals surface area contributed by atoms with E-state index in [1.165, 1.54) is 18.4 Å². The van der Waals surface area contributed by atoms with E-state index in [-0.39, 0.29) is 5.91 Å². The first-order valence-corrected chi connectivity index (χ1v) is 9.55. The maximum Gasteiger partial charge on any atom is 0.228 e. The van der Waals surface area contributed by atoms with Gasteiger partial charge in [-0.3, -0.25) is 4.79 Å². The van der Waals surface area contributed by atoms with Gasteiger partial charge in [0.1, 0.15) is 0 Å². The van der Waals surface area contributed by atoms with E-state index in [0.717, 1.165) is 49.7 Å². The minimum atomic E-state index is 0.0204. The zero-order valence-corrected chi connectivity index (χ0v) is 15.5. The van der Waals surface area contributed by atoms with Crippen LogP contribution in [0.4, 0.5) is 11.4 Å². The number of hydrogen-bond acceptors (Lipinski definition) is 3. The highest BCUT2D eigenvalue weighted by Crippen LogP contribution is 2.26. The summed E-state index contributed by atoms with van der Waals surface area (Å²) < 4.78 is 5.43. The molecule has 1 aliphatic heterocycles. The van der Waals surface area contributed by atoms with Gasteiger partial charge >= 0.3 is 0 Å². The van der Waals surface area contributed by atoms with E-state index in [1.54, 1.807) is 0 Å². The highest BCUT2D eigenvalue weighted by Gasteiger charge is 2.15. The number of nitrogens with zero attached hydrogens (tertiary/aromatic N) is 1. The summed E-state index contributed by atoms with van der Waals surface area (Å²) in [6, 6.07) is 16.4. The van der Waals surface area contributed by atoms with E-state index in [0.29, 0.717) is 6.42 Å². The van der Waals surface area contributed by atoms with Gasteiger partial charge in [-0.15, -0.1) is 0 Å².